The number of amides is 1. The summed E-state index contributed by atoms with van der Waals surface area (Å²) in [7, 11) is -0.138. The lowest BCUT2D eigenvalue weighted by atomic mass is 10.2. The molecule has 0 saturated carbocycles. The summed E-state index contributed by atoms with van der Waals surface area (Å²) in [5.74, 6) is 0.141. The standard InChI is InChI=1S/C19H23N3O4S/c1-21-10-12-22(13-11-21)27(24,25)16-7-5-6-15(14-16)19(23)20-17-8-3-4-9-18(17)26-2/h3-9,14H,10-13H2,1-2H3,(H,20,23). The number of sulfonamides is 1. The Morgan fingerprint density at radius 2 is 1.74 bits per heavy atom. The van der Waals surface area contributed by atoms with Gasteiger partial charge < -0.3 is 15.0 Å². The molecule has 0 aromatic heterocycles. The molecule has 1 amide bonds. The molecule has 3 rings (SSSR count). The molecule has 2 aromatic rings. The van der Waals surface area contributed by atoms with Gasteiger partial charge in [0.2, 0.25) is 10.0 Å². The van der Waals surface area contributed by atoms with Gasteiger partial charge in [-0.25, -0.2) is 8.42 Å². The van der Waals surface area contributed by atoms with E-state index in [0.717, 1.165) is 0 Å². The molecule has 27 heavy (non-hydrogen) atoms. The van der Waals surface area contributed by atoms with E-state index in [0.29, 0.717) is 37.6 Å². The zero-order valence-corrected chi connectivity index (χ0v) is 16.2. The number of methoxy groups -OCH3 is 1. The van der Waals surface area contributed by atoms with Crippen LogP contribution in [0.15, 0.2) is 53.4 Å². The van der Waals surface area contributed by atoms with E-state index in [1.807, 2.05) is 7.05 Å². The number of nitrogens with one attached hydrogen (secondary N) is 1. The highest BCUT2D eigenvalue weighted by Gasteiger charge is 2.28. The van der Waals surface area contributed by atoms with E-state index in [2.05, 4.69) is 10.2 Å². The van der Waals surface area contributed by atoms with E-state index in [4.69, 9.17) is 4.74 Å². The van der Waals surface area contributed by atoms with Crippen LogP contribution < -0.4 is 10.1 Å². The number of anilines is 1. The predicted molar refractivity (Wildman–Crippen MR) is 104 cm³/mol. The van der Waals surface area contributed by atoms with Crippen molar-refractivity contribution in [1.82, 2.24) is 9.21 Å². The molecule has 1 heterocycles. The van der Waals surface area contributed by atoms with Gasteiger partial charge in [0.1, 0.15) is 5.75 Å². The fraction of sp³-hybridized carbons (Fsp3) is 0.316. The molecule has 7 nitrogen and oxygen atoms in total. The van der Waals surface area contributed by atoms with E-state index >= 15 is 0 Å². The summed E-state index contributed by atoms with van der Waals surface area (Å²) < 4.78 is 32.5. The van der Waals surface area contributed by atoms with Gasteiger partial charge in [-0.05, 0) is 37.4 Å². The van der Waals surface area contributed by atoms with Gasteiger partial charge in [0.25, 0.3) is 5.91 Å². The number of carbonyl (C=O) groups excluding carboxylic acids is 1. The topological polar surface area (TPSA) is 78.9 Å². The Hall–Kier alpha value is -2.42. The summed E-state index contributed by atoms with van der Waals surface area (Å²) in [5.41, 5.74) is 0.799. The number of benzene rings is 2. The van der Waals surface area contributed by atoms with Crippen LogP contribution in [0.1, 0.15) is 10.4 Å². The van der Waals surface area contributed by atoms with Crippen molar-refractivity contribution in [3.63, 3.8) is 0 Å². The molecule has 1 saturated heterocycles. The second kappa shape index (κ2) is 8.08. The highest BCUT2D eigenvalue weighted by atomic mass is 32.2. The van der Waals surface area contributed by atoms with Crippen LogP contribution in [0.3, 0.4) is 0 Å². The van der Waals surface area contributed by atoms with Crippen molar-refractivity contribution < 1.29 is 17.9 Å². The van der Waals surface area contributed by atoms with E-state index in [1.165, 1.54) is 23.5 Å². The third-order valence-corrected chi connectivity index (χ3v) is 6.45. The molecule has 2 aromatic carbocycles. The lowest BCUT2D eigenvalue weighted by Crippen LogP contribution is -2.47. The minimum atomic E-state index is -3.63. The maximum Gasteiger partial charge on any atom is 0.255 e. The third kappa shape index (κ3) is 4.29. The van der Waals surface area contributed by atoms with Gasteiger partial charge in [0.05, 0.1) is 17.7 Å². The summed E-state index contributed by atoms with van der Waals surface area (Å²) in [6, 6.07) is 13.2. The monoisotopic (exact) mass is 389 g/mol. The van der Waals surface area contributed by atoms with Crippen LogP contribution >= 0.6 is 0 Å². The number of hydrogen-bond donors (Lipinski definition) is 1. The fourth-order valence-electron chi connectivity index (χ4n) is 2.92. The number of ether oxygens (including phenoxy) is 1. The van der Waals surface area contributed by atoms with Gasteiger partial charge in [0.15, 0.2) is 0 Å². The van der Waals surface area contributed by atoms with E-state index < -0.39 is 15.9 Å². The minimum Gasteiger partial charge on any atom is -0.495 e. The van der Waals surface area contributed by atoms with Crippen LogP contribution in [-0.4, -0.2) is 63.9 Å². The van der Waals surface area contributed by atoms with Crippen LogP contribution in [0.2, 0.25) is 0 Å². The van der Waals surface area contributed by atoms with E-state index in [9.17, 15) is 13.2 Å². The number of carbonyl (C=O) groups is 1. The van der Waals surface area contributed by atoms with Crippen molar-refractivity contribution in [1.29, 1.82) is 0 Å². The molecule has 0 unspecified atom stereocenters. The Bertz CT molecular complexity index is 922. The largest absolute Gasteiger partial charge is 0.495 e. The van der Waals surface area contributed by atoms with Gasteiger partial charge in [-0.15, -0.1) is 0 Å². The van der Waals surface area contributed by atoms with Gasteiger partial charge in [-0.3, -0.25) is 4.79 Å². The zero-order chi connectivity index (χ0) is 19.4. The van der Waals surface area contributed by atoms with Crippen LogP contribution in [0.5, 0.6) is 5.75 Å². The fourth-order valence-corrected chi connectivity index (χ4v) is 4.39. The van der Waals surface area contributed by atoms with Crippen molar-refractivity contribution in [2.24, 2.45) is 0 Å². The number of piperazine rings is 1. The molecule has 0 atom stereocenters. The summed E-state index contributed by atoms with van der Waals surface area (Å²) >= 11 is 0. The molecule has 1 aliphatic rings. The molecule has 8 heteroatoms. The molecule has 1 aliphatic heterocycles. The van der Waals surface area contributed by atoms with Crippen molar-refractivity contribution in [2.45, 2.75) is 4.90 Å². The molecule has 0 bridgehead atoms. The summed E-state index contributed by atoms with van der Waals surface area (Å²) in [5, 5.41) is 2.76. The first-order valence-corrected chi connectivity index (χ1v) is 10.1. The number of hydrogen-bond acceptors (Lipinski definition) is 5. The Labute approximate surface area is 159 Å². The van der Waals surface area contributed by atoms with Crippen molar-refractivity contribution in [2.75, 3.05) is 45.7 Å². The number of likely N-dealkylation sites (N-methyl/N-ethyl adjacent to an activating group) is 1. The molecule has 1 N–H and O–H groups in total. The maximum absolute atomic E-state index is 12.9. The quantitative estimate of drug-likeness (QED) is 0.845. The molecule has 144 valence electrons. The first kappa shape index (κ1) is 19.3. The summed E-state index contributed by atoms with van der Waals surface area (Å²) in [4.78, 5) is 14.8. The molecule has 1 fully saturated rings. The second-order valence-electron chi connectivity index (χ2n) is 6.39. The predicted octanol–water partition coefficient (Wildman–Crippen LogP) is 1.88. The number of para-hydroxylation sites is 2. The van der Waals surface area contributed by atoms with Crippen LogP contribution in [0.25, 0.3) is 0 Å². The highest BCUT2D eigenvalue weighted by molar-refractivity contribution is 7.89. The van der Waals surface area contributed by atoms with E-state index in [-0.39, 0.29) is 10.5 Å². The Kier molecular flexibility index (Phi) is 5.79. The maximum atomic E-state index is 12.9. The molecule has 0 radical (unpaired) electrons. The van der Waals surface area contributed by atoms with Crippen molar-refractivity contribution >= 4 is 21.6 Å². The average Bonchev–Trinajstić information content (AvgIpc) is 2.69. The van der Waals surface area contributed by atoms with Crippen molar-refractivity contribution in [3.05, 3.63) is 54.1 Å². The lowest BCUT2D eigenvalue weighted by Gasteiger charge is -2.31. The normalized spacial score (nSPS) is 16.1. The number of nitrogens with zero attached hydrogens (tertiary/aromatic N) is 2. The van der Waals surface area contributed by atoms with Gasteiger partial charge in [-0.2, -0.15) is 4.31 Å². The zero-order valence-electron chi connectivity index (χ0n) is 15.4. The van der Waals surface area contributed by atoms with Crippen LogP contribution in [-0.2, 0) is 10.0 Å². The Morgan fingerprint density at radius 3 is 2.44 bits per heavy atom. The SMILES string of the molecule is COc1ccccc1NC(=O)c1cccc(S(=O)(=O)N2CCN(C)CC2)c1. The third-order valence-electron chi connectivity index (χ3n) is 4.55. The minimum absolute atomic E-state index is 0.125. The highest BCUT2D eigenvalue weighted by Crippen LogP contribution is 2.24. The molecular formula is C19H23N3O4S. The summed E-state index contributed by atoms with van der Waals surface area (Å²) in [6.07, 6.45) is 0. The summed E-state index contributed by atoms with van der Waals surface area (Å²) in [6.45, 7) is 2.26. The lowest BCUT2D eigenvalue weighted by molar-refractivity contribution is 0.102. The van der Waals surface area contributed by atoms with Gasteiger partial charge >= 0.3 is 0 Å². The first-order chi connectivity index (χ1) is 12.9. The second-order valence-corrected chi connectivity index (χ2v) is 8.33. The Balaban J connectivity index is 1.81. The molecule has 0 spiro atoms. The van der Waals surface area contributed by atoms with E-state index in [1.54, 1.807) is 36.4 Å². The van der Waals surface area contributed by atoms with Crippen LogP contribution in [0, 0.1) is 0 Å². The molecule has 0 aliphatic carbocycles. The average molecular weight is 389 g/mol. The smallest absolute Gasteiger partial charge is 0.255 e. The first-order valence-electron chi connectivity index (χ1n) is 8.65. The van der Waals surface area contributed by atoms with Gasteiger partial charge in [0, 0.05) is 31.7 Å². The number of rotatable bonds is 5. The Morgan fingerprint density at radius 1 is 1.04 bits per heavy atom. The van der Waals surface area contributed by atoms with Gasteiger partial charge in [-0.1, -0.05) is 18.2 Å². The van der Waals surface area contributed by atoms with Crippen molar-refractivity contribution in [3.8, 4) is 5.75 Å². The molecular weight excluding hydrogens is 366 g/mol. The van der Waals surface area contributed by atoms with Crippen LogP contribution in [0.4, 0.5) is 5.69 Å².